The molecule has 8 nitrogen and oxygen atoms in total. The van der Waals surface area contributed by atoms with Crippen molar-refractivity contribution in [2.45, 2.75) is 13.0 Å². The molecule has 160 valence electrons. The Morgan fingerprint density at radius 3 is 2.65 bits per heavy atom. The molecule has 2 amide bonds. The molecule has 1 aromatic carbocycles. The largest absolute Gasteiger partial charge is 0.353 e. The molecule has 9 heteroatoms. The quantitative estimate of drug-likeness (QED) is 0.639. The third-order valence-electron chi connectivity index (χ3n) is 5.15. The van der Waals surface area contributed by atoms with Crippen molar-refractivity contribution in [2.75, 3.05) is 36.4 Å². The van der Waals surface area contributed by atoms with Crippen LogP contribution in [0.1, 0.15) is 16.8 Å². The van der Waals surface area contributed by atoms with Crippen LogP contribution in [0.3, 0.4) is 0 Å². The Bertz CT molecular complexity index is 1030. The topological polar surface area (TPSA) is 83.4 Å². The van der Waals surface area contributed by atoms with Crippen molar-refractivity contribution in [3.05, 3.63) is 71.9 Å². The number of hydrogen-bond acceptors (Lipinski definition) is 5. The molecule has 1 aliphatic rings. The van der Waals surface area contributed by atoms with Gasteiger partial charge in [0.15, 0.2) is 0 Å². The first-order valence-electron chi connectivity index (χ1n) is 10.1. The summed E-state index contributed by atoms with van der Waals surface area (Å²) in [7, 11) is 0. The summed E-state index contributed by atoms with van der Waals surface area (Å²) in [5.41, 5.74) is 1.18. The monoisotopic (exact) mass is 438 g/mol. The van der Waals surface area contributed by atoms with Crippen LogP contribution in [0, 0.1) is 0 Å². The smallest absolute Gasteiger partial charge is 0.254 e. The number of anilines is 2. The number of benzene rings is 1. The predicted molar refractivity (Wildman–Crippen MR) is 119 cm³/mol. The predicted octanol–water partition coefficient (Wildman–Crippen LogP) is 2.92. The molecule has 0 atom stereocenters. The van der Waals surface area contributed by atoms with E-state index in [1.807, 2.05) is 27.8 Å². The highest BCUT2D eigenvalue weighted by molar-refractivity contribution is 6.30. The molecule has 1 saturated heterocycles. The number of carbonyl (C=O) groups is 2. The molecule has 4 rings (SSSR count). The maximum absolute atomic E-state index is 13.0. The first-order chi connectivity index (χ1) is 15.1. The van der Waals surface area contributed by atoms with Crippen LogP contribution in [0.25, 0.3) is 0 Å². The fraction of sp³-hybridized carbons (Fsp3) is 0.273. The molecular formula is C22H23ClN6O2. The first-order valence-corrected chi connectivity index (χ1v) is 10.5. The zero-order valence-corrected chi connectivity index (χ0v) is 17.7. The molecule has 0 radical (unpaired) electrons. The van der Waals surface area contributed by atoms with E-state index in [1.165, 1.54) is 0 Å². The molecule has 1 aliphatic heterocycles. The molecule has 3 aromatic rings. The van der Waals surface area contributed by atoms with Gasteiger partial charge in [-0.2, -0.15) is 0 Å². The molecule has 0 aliphatic carbocycles. The van der Waals surface area contributed by atoms with Gasteiger partial charge in [-0.05, 0) is 30.3 Å². The molecular weight excluding hydrogens is 416 g/mol. The summed E-state index contributed by atoms with van der Waals surface area (Å²) in [6.45, 7) is 3.16. The molecule has 31 heavy (non-hydrogen) atoms. The number of nitrogens with zero attached hydrogens (tertiary/aromatic N) is 5. The van der Waals surface area contributed by atoms with Gasteiger partial charge in [0.05, 0.1) is 11.3 Å². The van der Waals surface area contributed by atoms with E-state index in [0.29, 0.717) is 55.4 Å². The van der Waals surface area contributed by atoms with E-state index in [4.69, 9.17) is 11.6 Å². The number of pyridine rings is 1. The summed E-state index contributed by atoms with van der Waals surface area (Å²) in [4.78, 5) is 37.5. The molecule has 3 heterocycles. The number of amides is 2. The summed E-state index contributed by atoms with van der Waals surface area (Å²) >= 11 is 5.90. The van der Waals surface area contributed by atoms with Crippen molar-refractivity contribution in [2.24, 2.45) is 0 Å². The van der Waals surface area contributed by atoms with E-state index in [-0.39, 0.29) is 11.8 Å². The summed E-state index contributed by atoms with van der Waals surface area (Å²) in [5.74, 6) is 0.706. The standard InChI is InChI=1S/C22H23ClN6O2/c23-18-4-5-20(25-15-18)28-10-12-29(13-11-28)22(31)17-2-1-3-19(14-17)26-21(30)6-8-27-9-7-24-16-27/h1-5,7,9,14-16H,6,8,10-13H2,(H,26,30). The average molecular weight is 439 g/mol. The van der Waals surface area contributed by atoms with Crippen molar-refractivity contribution >= 4 is 34.9 Å². The minimum Gasteiger partial charge on any atom is -0.353 e. The zero-order valence-electron chi connectivity index (χ0n) is 16.9. The Labute approximate surface area is 185 Å². The second kappa shape index (κ2) is 9.61. The maximum atomic E-state index is 13.0. The van der Waals surface area contributed by atoms with Gasteiger partial charge in [-0.3, -0.25) is 9.59 Å². The number of carbonyl (C=O) groups excluding carboxylic acids is 2. The molecule has 0 saturated carbocycles. The van der Waals surface area contributed by atoms with Gasteiger partial charge in [-0.15, -0.1) is 0 Å². The lowest BCUT2D eigenvalue weighted by atomic mass is 10.1. The van der Waals surface area contributed by atoms with Crippen molar-refractivity contribution < 1.29 is 9.59 Å². The van der Waals surface area contributed by atoms with Crippen LogP contribution in [-0.2, 0) is 11.3 Å². The highest BCUT2D eigenvalue weighted by Gasteiger charge is 2.23. The second-order valence-corrected chi connectivity index (χ2v) is 7.73. The lowest BCUT2D eigenvalue weighted by molar-refractivity contribution is -0.116. The highest BCUT2D eigenvalue weighted by Crippen LogP contribution is 2.18. The van der Waals surface area contributed by atoms with Crippen molar-refractivity contribution in [1.29, 1.82) is 0 Å². The van der Waals surface area contributed by atoms with Crippen LogP contribution >= 0.6 is 11.6 Å². The van der Waals surface area contributed by atoms with Gasteiger partial charge in [-0.25, -0.2) is 9.97 Å². The fourth-order valence-corrected chi connectivity index (χ4v) is 3.59. The number of halogens is 1. The lowest BCUT2D eigenvalue weighted by Crippen LogP contribution is -2.49. The number of rotatable bonds is 6. The van der Waals surface area contributed by atoms with E-state index in [9.17, 15) is 9.59 Å². The normalized spacial score (nSPS) is 13.8. The number of imidazole rings is 1. The molecule has 1 N–H and O–H groups in total. The molecule has 2 aromatic heterocycles. The van der Waals surface area contributed by atoms with E-state index in [2.05, 4.69) is 20.2 Å². The summed E-state index contributed by atoms with van der Waals surface area (Å²) in [6, 6.07) is 10.8. The Morgan fingerprint density at radius 2 is 1.94 bits per heavy atom. The van der Waals surface area contributed by atoms with Gasteiger partial charge in [0, 0.05) is 69.0 Å². The van der Waals surface area contributed by atoms with Crippen LogP contribution in [0.2, 0.25) is 5.02 Å². The van der Waals surface area contributed by atoms with Gasteiger partial charge in [0.1, 0.15) is 5.82 Å². The fourth-order valence-electron chi connectivity index (χ4n) is 3.48. The molecule has 0 bridgehead atoms. The molecule has 0 spiro atoms. The SMILES string of the molecule is O=C(CCn1ccnc1)Nc1cccc(C(=O)N2CCN(c3ccc(Cl)cn3)CC2)c1. The molecule has 0 unspecified atom stereocenters. The van der Waals surface area contributed by atoms with Gasteiger partial charge in [0.25, 0.3) is 5.91 Å². The number of aryl methyl sites for hydroxylation is 1. The van der Waals surface area contributed by atoms with E-state index >= 15 is 0 Å². The number of aromatic nitrogens is 3. The number of piperazine rings is 1. The first kappa shape index (κ1) is 20.9. The van der Waals surface area contributed by atoms with Crippen molar-refractivity contribution in [3.8, 4) is 0 Å². The van der Waals surface area contributed by atoms with E-state index in [0.717, 1.165) is 5.82 Å². The summed E-state index contributed by atoms with van der Waals surface area (Å²) in [5, 5.41) is 3.47. The third-order valence-corrected chi connectivity index (χ3v) is 5.38. The Kier molecular flexibility index (Phi) is 6.47. The zero-order chi connectivity index (χ0) is 21.6. The Balaban J connectivity index is 1.31. The Morgan fingerprint density at radius 1 is 1.10 bits per heavy atom. The van der Waals surface area contributed by atoms with Crippen LogP contribution in [0.4, 0.5) is 11.5 Å². The number of nitrogens with one attached hydrogen (secondary N) is 1. The summed E-state index contributed by atoms with van der Waals surface area (Å²) in [6.07, 6.45) is 7.13. The molecule has 1 fully saturated rings. The second-order valence-electron chi connectivity index (χ2n) is 7.29. The van der Waals surface area contributed by atoms with Crippen LogP contribution < -0.4 is 10.2 Å². The minimum atomic E-state index is -0.109. The van der Waals surface area contributed by atoms with Crippen LogP contribution in [-0.4, -0.2) is 57.4 Å². The van der Waals surface area contributed by atoms with E-state index in [1.54, 1.807) is 43.0 Å². The Hall–Kier alpha value is -3.39. The van der Waals surface area contributed by atoms with E-state index < -0.39 is 0 Å². The van der Waals surface area contributed by atoms with Gasteiger partial charge < -0.3 is 19.7 Å². The van der Waals surface area contributed by atoms with Gasteiger partial charge in [0.2, 0.25) is 5.91 Å². The third kappa shape index (κ3) is 5.40. The van der Waals surface area contributed by atoms with Crippen molar-refractivity contribution in [3.63, 3.8) is 0 Å². The van der Waals surface area contributed by atoms with Crippen LogP contribution in [0.15, 0.2) is 61.3 Å². The van der Waals surface area contributed by atoms with Crippen molar-refractivity contribution in [1.82, 2.24) is 19.4 Å². The maximum Gasteiger partial charge on any atom is 0.254 e. The van der Waals surface area contributed by atoms with Crippen LogP contribution in [0.5, 0.6) is 0 Å². The highest BCUT2D eigenvalue weighted by atomic mass is 35.5. The van der Waals surface area contributed by atoms with Gasteiger partial charge >= 0.3 is 0 Å². The lowest BCUT2D eigenvalue weighted by Gasteiger charge is -2.35. The minimum absolute atomic E-state index is 0.0433. The number of hydrogen-bond donors (Lipinski definition) is 1. The van der Waals surface area contributed by atoms with Gasteiger partial charge in [-0.1, -0.05) is 17.7 Å². The average Bonchev–Trinajstić information content (AvgIpc) is 3.32. The summed E-state index contributed by atoms with van der Waals surface area (Å²) < 4.78 is 1.85.